The average molecular weight is 281 g/mol. The summed E-state index contributed by atoms with van der Waals surface area (Å²) in [5, 5.41) is 3.15. The maximum atomic E-state index is 11.8. The first-order chi connectivity index (χ1) is 7.72. The van der Waals surface area contributed by atoms with Crippen LogP contribution < -0.4 is 11.1 Å². The molecule has 1 rings (SSSR count). The second-order valence-electron chi connectivity index (χ2n) is 4.69. The molecule has 1 aliphatic rings. The van der Waals surface area contributed by atoms with E-state index in [0.29, 0.717) is 13.0 Å². The van der Waals surface area contributed by atoms with E-state index < -0.39 is 0 Å². The number of nitrogens with two attached hydrogens (primary N) is 1. The normalized spacial score (nSPS) is 17.5. The Bertz CT molecular complexity index is 221. The Kier molecular flexibility index (Phi) is 9.10. The molecular formula is C12H25ClN2OS. The van der Waals surface area contributed by atoms with Crippen molar-refractivity contribution in [1.29, 1.82) is 0 Å². The summed E-state index contributed by atoms with van der Waals surface area (Å²) in [6, 6.07) is 0. The summed E-state index contributed by atoms with van der Waals surface area (Å²) >= 11 is 1.84. The second-order valence-corrected chi connectivity index (χ2v) is 5.68. The second kappa shape index (κ2) is 9.06. The zero-order valence-electron chi connectivity index (χ0n) is 10.7. The minimum absolute atomic E-state index is 0. The third kappa shape index (κ3) is 5.98. The lowest BCUT2D eigenvalue weighted by Crippen LogP contribution is -2.51. The van der Waals surface area contributed by atoms with Crippen LogP contribution in [-0.4, -0.2) is 30.0 Å². The van der Waals surface area contributed by atoms with Crippen molar-refractivity contribution in [3.05, 3.63) is 0 Å². The van der Waals surface area contributed by atoms with Gasteiger partial charge in [-0.2, -0.15) is 11.8 Å². The molecule has 3 N–H and O–H groups in total. The molecule has 0 atom stereocenters. The Labute approximate surface area is 115 Å². The van der Waals surface area contributed by atoms with E-state index in [1.54, 1.807) is 0 Å². The van der Waals surface area contributed by atoms with Gasteiger partial charge in [0.15, 0.2) is 0 Å². The maximum absolute atomic E-state index is 11.8. The number of nitrogens with one attached hydrogen (secondary N) is 1. The van der Waals surface area contributed by atoms with E-state index in [1.807, 2.05) is 11.8 Å². The lowest BCUT2D eigenvalue weighted by molar-refractivity contribution is -0.123. The molecular weight excluding hydrogens is 256 g/mol. The molecule has 1 saturated carbocycles. The first-order valence-corrected chi connectivity index (χ1v) is 7.62. The van der Waals surface area contributed by atoms with Crippen LogP contribution in [0.1, 0.15) is 44.9 Å². The van der Waals surface area contributed by atoms with Gasteiger partial charge >= 0.3 is 0 Å². The first-order valence-electron chi connectivity index (χ1n) is 6.22. The summed E-state index contributed by atoms with van der Waals surface area (Å²) in [6.45, 7) is 0.587. The molecule has 17 heavy (non-hydrogen) atoms. The molecule has 0 aromatic heterocycles. The summed E-state index contributed by atoms with van der Waals surface area (Å²) in [7, 11) is 0. The predicted molar refractivity (Wildman–Crippen MR) is 77.9 cm³/mol. The van der Waals surface area contributed by atoms with E-state index >= 15 is 0 Å². The quantitative estimate of drug-likeness (QED) is 0.704. The largest absolute Gasteiger partial charge is 0.349 e. The fraction of sp³-hybridized carbons (Fsp3) is 0.917. The van der Waals surface area contributed by atoms with Crippen LogP contribution >= 0.6 is 24.2 Å². The fourth-order valence-corrected chi connectivity index (χ4v) is 2.81. The summed E-state index contributed by atoms with van der Waals surface area (Å²) in [4.78, 5) is 11.8. The lowest BCUT2D eigenvalue weighted by Gasteiger charge is -2.28. The molecule has 0 saturated heterocycles. The number of halogens is 1. The number of carbonyl (C=O) groups excluding carboxylic acids is 1. The SMILES string of the molecule is CSCCCCC(=O)NC1(CN)CCCC1.Cl. The van der Waals surface area contributed by atoms with Crippen LogP contribution in [0.5, 0.6) is 0 Å². The Balaban J connectivity index is 0.00000256. The molecule has 0 aromatic rings. The van der Waals surface area contributed by atoms with Crippen LogP contribution in [0, 0.1) is 0 Å². The van der Waals surface area contributed by atoms with Gasteiger partial charge in [0, 0.05) is 13.0 Å². The molecule has 0 unspecified atom stereocenters. The summed E-state index contributed by atoms with van der Waals surface area (Å²) in [6.07, 6.45) is 9.38. The fourth-order valence-electron chi connectivity index (χ4n) is 2.32. The minimum Gasteiger partial charge on any atom is -0.349 e. The van der Waals surface area contributed by atoms with Gasteiger partial charge in [-0.3, -0.25) is 4.79 Å². The standard InChI is InChI=1S/C12H24N2OS.ClH/c1-16-9-5-2-6-11(15)14-12(10-13)7-3-4-8-12;/h2-10,13H2,1H3,(H,14,15);1H. The third-order valence-electron chi connectivity index (χ3n) is 3.36. The molecule has 1 aliphatic carbocycles. The van der Waals surface area contributed by atoms with Crippen molar-refractivity contribution >= 4 is 30.1 Å². The van der Waals surface area contributed by atoms with Crippen LogP contribution in [0.15, 0.2) is 0 Å². The summed E-state index contributed by atoms with van der Waals surface area (Å²) in [5.74, 6) is 1.34. The van der Waals surface area contributed by atoms with Gasteiger partial charge in [-0.05, 0) is 37.7 Å². The summed E-state index contributed by atoms with van der Waals surface area (Å²) < 4.78 is 0. The van der Waals surface area contributed by atoms with Crippen molar-refractivity contribution in [2.75, 3.05) is 18.6 Å². The zero-order chi connectivity index (χ0) is 11.9. The van der Waals surface area contributed by atoms with Crippen LogP contribution in [0.25, 0.3) is 0 Å². The Morgan fingerprint density at radius 2 is 2.00 bits per heavy atom. The minimum atomic E-state index is -0.0728. The van der Waals surface area contributed by atoms with Crippen LogP contribution in [0.3, 0.4) is 0 Å². The number of hydrogen-bond donors (Lipinski definition) is 2. The van der Waals surface area contributed by atoms with Gasteiger partial charge in [-0.1, -0.05) is 12.8 Å². The van der Waals surface area contributed by atoms with Gasteiger partial charge in [0.25, 0.3) is 0 Å². The van der Waals surface area contributed by atoms with Gasteiger partial charge in [-0.25, -0.2) is 0 Å². The predicted octanol–water partition coefficient (Wildman–Crippen LogP) is 2.33. The molecule has 0 aliphatic heterocycles. The highest BCUT2D eigenvalue weighted by molar-refractivity contribution is 7.98. The van der Waals surface area contributed by atoms with Gasteiger partial charge in [0.2, 0.25) is 5.91 Å². The van der Waals surface area contributed by atoms with Crippen LogP contribution in [0.2, 0.25) is 0 Å². The Hall–Kier alpha value is 0.0700. The molecule has 102 valence electrons. The molecule has 0 radical (unpaired) electrons. The van der Waals surface area contributed by atoms with Crippen molar-refractivity contribution in [1.82, 2.24) is 5.32 Å². The molecule has 0 bridgehead atoms. The van der Waals surface area contributed by atoms with E-state index in [-0.39, 0.29) is 23.9 Å². The van der Waals surface area contributed by atoms with Crippen molar-refractivity contribution in [3.63, 3.8) is 0 Å². The molecule has 1 fully saturated rings. The number of amides is 1. The number of carbonyl (C=O) groups is 1. The van der Waals surface area contributed by atoms with Gasteiger partial charge in [0.1, 0.15) is 0 Å². The molecule has 1 amide bonds. The Morgan fingerprint density at radius 1 is 1.35 bits per heavy atom. The highest BCUT2D eigenvalue weighted by atomic mass is 35.5. The number of hydrogen-bond acceptors (Lipinski definition) is 3. The molecule has 3 nitrogen and oxygen atoms in total. The topological polar surface area (TPSA) is 55.1 Å². The van der Waals surface area contributed by atoms with Gasteiger partial charge in [0.05, 0.1) is 5.54 Å². The zero-order valence-corrected chi connectivity index (χ0v) is 12.3. The first kappa shape index (κ1) is 17.1. The smallest absolute Gasteiger partial charge is 0.220 e. The number of unbranched alkanes of at least 4 members (excludes halogenated alkanes) is 1. The van der Waals surface area contributed by atoms with E-state index in [9.17, 15) is 4.79 Å². The van der Waals surface area contributed by atoms with Crippen LogP contribution in [-0.2, 0) is 4.79 Å². The monoisotopic (exact) mass is 280 g/mol. The maximum Gasteiger partial charge on any atom is 0.220 e. The van der Waals surface area contributed by atoms with Crippen molar-refractivity contribution in [2.45, 2.75) is 50.5 Å². The number of thioether (sulfide) groups is 1. The lowest BCUT2D eigenvalue weighted by atomic mass is 9.97. The third-order valence-corrected chi connectivity index (χ3v) is 4.06. The highest BCUT2D eigenvalue weighted by Crippen LogP contribution is 2.28. The van der Waals surface area contributed by atoms with E-state index in [1.165, 1.54) is 12.8 Å². The molecule has 0 heterocycles. The van der Waals surface area contributed by atoms with E-state index in [4.69, 9.17) is 5.73 Å². The van der Waals surface area contributed by atoms with Crippen molar-refractivity contribution < 1.29 is 4.79 Å². The summed E-state index contributed by atoms with van der Waals surface area (Å²) in [5.41, 5.74) is 5.70. The number of rotatable bonds is 7. The van der Waals surface area contributed by atoms with Crippen molar-refractivity contribution in [3.8, 4) is 0 Å². The molecule has 5 heteroatoms. The molecule has 0 spiro atoms. The van der Waals surface area contributed by atoms with Gasteiger partial charge in [-0.15, -0.1) is 12.4 Å². The van der Waals surface area contributed by atoms with Crippen molar-refractivity contribution in [2.24, 2.45) is 5.73 Å². The van der Waals surface area contributed by atoms with E-state index in [0.717, 1.165) is 31.4 Å². The molecule has 0 aromatic carbocycles. The average Bonchev–Trinajstić information content (AvgIpc) is 2.74. The van der Waals surface area contributed by atoms with E-state index in [2.05, 4.69) is 11.6 Å². The highest BCUT2D eigenvalue weighted by Gasteiger charge is 2.33. The van der Waals surface area contributed by atoms with Gasteiger partial charge < -0.3 is 11.1 Å². The Morgan fingerprint density at radius 3 is 2.53 bits per heavy atom. The van der Waals surface area contributed by atoms with Crippen LogP contribution in [0.4, 0.5) is 0 Å².